The summed E-state index contributed by atoms with van der Waals surface area (Å²) in [4.78, 5) is 0. The number of allylic oxidation sites excluding steroid dienone is 1. The van der Waals surface area contributed by atoms with Gasteiger partial charge in [-0.2, -0.15) is 5.10 Å². The Morgan fingerprint density at radius 2 is 2.23 bits per heavy atom. The predicted octanol–water partition coefficient (Wildman–Crippen LogP) is 2.40. The van der Waals surface area contributed by atoms with Crippen molar-refractivity contribution in [3.05, 3.63) is 29.7 Å². The van der Waals surface area contributed by atoms with Crippen LogP contribution >= 0.6 is 0 Å². The second-order valence-corrected chi connectivity index (χ2v) is 2.33. The van der Waals surface area contributed by atoms with Crippen molar-refractivity contribution in [2.45, 2.75) is 20.8 Å². The molecule has 0 aromatic carbocycles. The molecule has 0 saturated heterocycles. The van der Waals surface area contributed by atoms with Crippen LogP contribution in [0.15, 0.2) is 18.5 Å². The molecule has 0 unspecified atom stereocenters. The maximum Gasteiger partial charge on any atom is 0.0645 e. The summed E-state index contributed by atoms with van der Waals surface area (Å²) in [6.45, 7) is 9.46. The molecule has 1 aromatic heterocycles. The lowest BCUT2D eigenvalue weighted by Gasteiger charge is -1.90. The molecule has 0 fully saturated rings. The van der Waals surface area contributed by atoms with E-state index in [0.717, 1.165) is 17.0 Å². The van der Waals surface area contributed by atoms with E-state index in [1.54, 1.807) is 12.3 Å². The molecule has 0 spiro atoms. The number of rotatable bonds is 2. The third-order valence-electron chi connectivity index (χ3n) is 1.29. The number of hydrogen-bond acceptors (Lipinski definition) is 2. The van der Waals surface area contributed by atoms with E-state index in [1.165, 1.54) is 0 Å². The van der Waals surface area contributed by atoms with Crippen molar-refractivity contribution in [1.82, 2.24) is 10.2 Å². The lowest BCUT2D eigenvalue weighted by atomic mass is 10.2. The largest absolute Gasteiger partial charge is 0.402 e. The maximum atomic E-state index is 5.49. The van der Waals surface area contributed by atoms with Crippen molar-refractivity contribution < 1.29 is 0 Å². The highest BCUT2D eigenvalue weighted by molar-refractivity contribution is 5.61. The molecule has 1 heterocycles. The first-order valence-corrected chi connectivity index (χ1v) is 4.33. The molecule has 0 saturated carbocycles. The molecule has 1 aromatic rings. The lowest BCUT2D eigenvalue weighted by Crippen LogP contribution is -1.89. The van der Waals surface area contributed by atoms with Crippen LogP contribution in [0, 0.1) is 0 Å². The number of nitrogens with one attached hydrogen (secondary N) is 1. The van der Waals surface area contributed by atoms with Gasteiger partial charge < -0.3 is 5.73 Å². The predicted molar refractivity (Wildman–Crippen MR) is 57.9 cm³/mol. The molecule has 13 heavy (non-hydrogen) atoms. The van der Waals surface area contributed by atoms with Crippen molar-refractivity contribution in [2.75, 3.05) is 0 Å². The zero-order valence-electron chi connectivity index (χ0n) is 8.46. The fourth-order valence-electron chi connectivity index (χ4n) is 0.829. The van der Waals surface area contributed by atoms with Crippen LogP contribution in [-0.2, 0) is 0 Å². The molecular formula is C10H17N3. The van der Waals surface area contributed by atoms with Crippen molar-refractivity contribution in [3.8, 4) is 0 Å². The van der Waals surface area contributed by atoms with Crippen LogP contribution in [0.4, 0.5) is 0 Å². The van der Waals surface area contributed by atoms with Gasteiger partial charge in [0.1, 0.15) is 0 Å². The van der Waals surface area contributed by atoms with Gasteiger partial charge in [0, 0.05) is 11.3 Å². The van der Waals surface area contributed by atoms with Gasteiger partial charge in [-0.1, -0.05) is 20.4 Å². The van der Waals surface area contributed by atoms with E-state index in [4.69, 9.17) is 5.73 Å². The summed E-state index contributed by atoms with van der Waals surface area (Å²) < 4.78 is 0. The Bertz CT molecular complexity index is 280. The SMILES string of the molecule is C=Cc1[nH]ncc1/C=C(\C)N.CC. The van der Waals surface area contributed by atoms with Crippen LogP contribution in [0.1, 0.15) is 32.0 Å². The van der Waals surface area contributed by atoms with Gasteiger partial charge in [0.05, 0.1) is 11.9 Å². The Morgan fingerprint density at radius 1 is 1.62 bits per heavy atom. The molecule has 3 nitrogen and oxygen atoms in total. The number of aromatic amines is 1. The van der Waals surface area contributed by atoms with Gasteiger partial charge in [-0.05, 0) is 19.1 Å². The second kappa shape index (κ2) is 6.06. The van der Waals surface area contributed by atoms with Crippen LogP contribution < -0.4 is 5.73 Å². The number of nitrogens with two attached hydrogens (primary N) is 1. The zero-order chi connectivity index (χ0) is 10.3. The van der Waals surface area contributed by atoms with Crippen LogP contribution in [-0.4, -0.2) is 10.2 Å². The minimum Gasteiger partial charge on any atom is -0.402 e. The molecule has 0 aliphatic carbocycles. The van der Waals surface area contributed by atoms with Crippen LogP contribution in [0.5, 0.6) is 0 Å². The molecule has 0 radical (unpaired) electrons. The summed E-state index contributed by atoms with van der Waals surface area (Å²) in [5.74, 6) is 0. The minimum atomic E-state index is 0.759. The molecule has 0 atom stereocenters. The van der Waals surface area contributed by atoms with Crippen LogP contribution in [0.3, 0.4) is 0 Å². The normalized spacial score (nSPS) is 10.2. The van der Waals surface area contributed by atoms with Gasteiger partial charge in [0.2, 0.25) is 0 Å². The Hall–Kier alpha value is -1.51. The Kier molecular flexibility index (Phi) is 5.35. The first-order valence-electron chi connectivity index (χ1n) is 4.33. The standard InChI is InChI=1S/C8H11N3.C2H6/c1-3-8-7(4-6(2)9)5-10-11-8;1-2/h3-5H,1,9H2,2H3,(H,10,11);1-2H3/b6-4+;. The molecule has 3 heteroatoms. The molecular weight excluding hydrogens is 162 g/mol. The highest BCUT2D eigenvalue weighted by Gasteiger charge is 1.96. The number of nitrogens with zero attached hydrogens (tertiary/aromatic N) is 1. The molecule has 0 aliphatic heterocycles. The van der Waals surface area contributed by atoms with Crippen molar-refractivity contribution in [2.24, 2.45) is 5.73 Å². The summed E-state index contributed by atoms with van der Waals surface area (Å²) in [6, 6.07) is 0. The maximum absolute atomic E-state index is 5.49. The van der Waals surface area contributed by atoms with Gasteiger partial charge in [-0.15, -0.1) is 0 Å². The van der Waals surface area contributed by atoms with E-state index in [-0.39, 0.29) is 0 Å². The minimum absolute atomic E-state index is 0.759. The van der Waals surface area contributed by atoms with Gasteiger partial charge in [-0.3, -0.25) is 5.10 Å². The van der Waals surface area contributed by atoms with E-state index in [2.05, 4.69) is 16.8 Å². The smallest absolute Gasteiger partial charge is 0.0645 e. The fourth-order valence-corrected chi connectivity index (χ4v) is 0.829. The third kappa shape index (κ3) is 3.60. The highest BCUT2D eigenvalue weighted by Crippen LogP contribution is 2.08. The van der Waals surface area contributed by atoms with E-state index in [0.29, 0.717) is 0 Å². The summed E-state index contributed by atoms with van der Waals surface area (Å²) in [7, 11) is 0. The summed E-state index contributed by atoms with van der Waals surface area (Å²) in [6.07, 6.45) is 5.27. The number of H-pyrrole nitrogens is 1. The fraction of sp³-hybridized carbons (Fsp3) is 0.300. The van der Waals surface area contributed by atoms with E-state index in [9.17, 15) is 0 Å². The molecule has 0 bridgehead atoms. The first kappa shape index (κ1) is 11.5. The zero-order valence-corrected chi connectivity index (χ0v) is 8.46. The van der Waals surface area contributed by atoms with Crippen molar-refractivity contribution in [1.29, 1.82) is 0 Å². The first-order chi connectivity index (χ1) is 6.24. The molecule has 3 N–H and O–H groups in total. The van der Waals surface area contributed by atoms with Crippen molar-refractivity contribution in [3.63, 3.8) is 0 Å². The monoisotopic (exact) mass is 179 g/mol. The number of hydrogen-bond donors (Lipinski definition) is 2. The summed E-state index contributed by atoms with van der Waals surface area (Å²) in [5.41, 5.74) is 8.12. The van der Waals surface area contributed by atoms with E-state index < -0.39 is 0 Å². The summed E-state index contributed by atoms with van der Waals surface area (Å²) >= 11 is 0. The highest BCUT2D eigenvalue weighted by atomic mass is 15.1. The quantitative estimate of drug-likeness (QED) is 0.732. The molecule has 1 rings (SSSR count). The van der Waals surface area contributed by atoms with E-state index in [1.807, 2.05) is 26.8 Å². The summed E-state index contributed by atoms with van der Waals surface area (Å²) in [5, 5.41) is 6.64. The average Bonchev–Trinajstić information content (AvgIpc) is 2.54. The Labute approximate surface area is 79.3 Å². The van der Waals surface area contributed by atoms with E-state index >= 15 is 0 Å². The van der Waals surface area contributed by atoms with Gasteiger partial charge >= 0.3 is 0 Å². The molecule has 0 amide bonds. The molecule has 72 valence electrons. The van der Waals surface area contributed by atoms with Gasteiger partial charge in [0.15, 0.2) is 0 Å². The topological polar surface area (TPSA) is 54.7 Å². The third-order valence-corrected chi connectivity index (χ3v) is 1.29. The van der Waals surface area contributed by atoms with Gasteiger partial charge in [0.25, 0.3) is 0 Å². The average molecular weight is 179 g/mol. The second-order valence-electron chi connectivity index (χ2n) is 2.33. The van der Waals surface area contributed by atoms with Crippen molar-refractivity contribution >= 4 is 12.2 Å². The van der Waals surface area contributed by atoms with Crippen LogP contribution in [0.25, 0.3) is 12.2 Å². The Morgan fingerprint density at radius 3 is 2.69 bits per heavy atom. The lowest BCUT2D eigenvalue weighted by molar-refractivity contribution is 1.08. The van der Waals surface area contributed by atoms with Crippen LogP contribution in [0.2, 0.25) is 0 Å². The number of aromatic nitrogens is 2. The Balaban J connectivity index is 0.000000671. The molecule has 0 aliphatic rings. The van der Waals surface area contributed by atoms with Gasteiger partial charge in [-0.25, -0.2) is 0 Å².